The van der Waals surface area contributed by atoms with Crippen molar-refractivity contribution in [1.29, 1.82) is 0 Å². The predicted molar refractivity (Wildman–Crippen MR) is 69.7 cm³/mol. The van der Waals surface area contributed by atoms with Crippen LogP contribution in [0.4, 0.5) is 0 Å². The zero-order chi connectivity index (χ0) is 14.2. The molecule has 0 saturated carbocycles. The van der Waals surface area contributed by atoms with E-state index in [9.17, 15) is 9.59 Å². The molecule has 5 unspecified atom stereocenters. The molecule has 0 aromatic rings. The zero-order valence-corrected chi connectivity index (χ0v) is 11.8. The summed E-state index contributed by atoms with van der Waals surface area (Å²) in [7, 11) is 0. The van der Waals surface area contributed by atoms with Crippen LogP contribution in [0.3, 0.4) is 0 Å². The van der Waals surface area contributed by atoms with Crippen molar-refractivity contribution in [1.82, 2.24) is 4.90 Å². The average Bonchev–Trinajstić information content (AvgIpc) is 2.82. The summed E-state index contributed by atoms with van der Waals surface area (Å²) in [4.78, 5) is 25.2. The molecule has 5 atom stereocenters. The number of hydrogen-bond acceptors (Lipinski definition) is 3. The van der Waals surface area contributed by atoms with Crippen molar-refractivity contribution < 1.29 is 19.4 Å². The van der Waals surface area contributed by atoms with Gasteiger partial charge < -0.3 is 14.7 Å². The highest BCUT2D eigenvalue weighted by molar-refractivity contribution is 5.83. The van der Waals surface area contributed by atoms with E-state index < -0.39 is 18.2 Å². The maximum Gasteiger partial charge on any atom is 0.332 e. The van der Waals surface area contributed by atoms with Crippen LogP contribution in [0.5, 0.6) is 0 Å². The summed E-state index contributed by atoms with van der Waals surface area (Å²) < 4.78 is 5.37. The largest absolute Gasteiger partial charge is 0.479 e. The number of amides is 1. The van der Waals surface area contributed by atoms with Gasteiger partial charge >= 0.3 is 5.97 Å². The highest BCUT2D eigenvalue weighted by Gasteiger charge is 2.40. The Morgan fingerprint density at radius 2 is 1.79 bits per heavy atom. The van der Waals surface area contributed by atoms with Gasteiger partial charge in [0.1, 0.15) is 6.10 Å². The van der Waals surface area contributed by atoms with Crippen LogP contribution < -0.4 is 0 Å². The molecule has 108 valence electrons. The molecule has 2 saturated heterocycles. The van der Waals surface area contributed by atoms with E-state index in [0.29, 0.717) is 24.7 Å². The van der Waals surface area contributed by atoms with E-state index >= 15 is 0 Å². The second-order valence-corrected chi connectivity index (χ2v) is 6.08. The Morgan fingerprint density at radius 3 is 2.37 bits per heavy atom. The van der Waals surface area contributed by atoms with E-state index in [0.717, 1.165) is 13.0 Å². The number of carbonyl (C=O) groups is 2. The van der Waals surface area contributed by atoms with Gasteiger partial charge in [0.25, 0.3) is 5.91 Å². The maximum absolute atomic E-state index is 12.5. The van der Waals surface area contributed by atoms with Crippen LogP contribution in [0.25, 0.3) is 0 Å². The Hall–Kier alpha value is -1.10. The van der Waals surface area contributed by atoms with Crippen molar-refractivity contribution in [2.45, 2.75) is 58.3 Å². The first kappa shape index (κ1) is 14.3. The average molecular weight is 269 g/mol. The van der Waals surface area contributed by atoms with Gasteiger partial charge in [-0.05, 0) is 38.0 Å². The highest BCUT2D eigenvalue weighted by Crippen LogP contribution is 2.30. The third kappa shape index (κ3) is 2.91. The first-order chi connectivity index (χ1) is 8.90. The molecule has 5 nitrogen and oxygen atoms in total. The van der Waals surface area contributed by atoms with E-state index in [1.165, 1.54) is 0 Å². The minimum absolute atomic E-state index is 0.0327. The SMILES string of the molecule is CC1CC(C)C(C)N(C(=O)C2CCC(C(=O)O)O2)C1. The lowest BCUT2D eigenvalue weighted by Crippen LogP contribution is -2.52. The van der Waals surface area contributed by atoms with Crippen LogP contribution in [0, 0.1) is 11.8 Å². The van der Waals surface area contributed by atoms with Gasteiger partial charge in [-0.15, -0.1) is 0 Å². The minimum atomic E-state index is -0.969. The van der Waals surface area contributed by atoms with Gasteiger partial charge in [0.05, 0.1) is 0 Å². The number of nitrogens with zero attached hydrogens (tertiary/aromatic N) is 1. The molecule has 2 aliphatic heterocycles. The van der Waals surface area contributed by atoms with Gasteiger partial charge in [0.15, 0.2) is 6.10 Å². The molecule has 2 aliphatic rings. The molecule has 19 heavy (non-hydrogen) atoms. The number of carbonyl (C=O) groups excluding carboxylic acids is 1. The molecule has 5 heteroatoms. The summed E-state index contributed by atoms with van der Waals surface area (Å²) in [6.07, 6.45) is 0.694. The summed E-state index contributed by atoms with van der Waals surface area (Å²) in [5.74, 6) is -0.0328. The number of carboxylic acids is 1. The number of piperidine rings is 1. The Morgan fingerprint density at radius 1 is 1.16 bits per heavy atom. The van der Waals surface area contributed by atoms with E-state index in [2.05, 4.69) is 20.8 Å². The normalized spacial score (nSPS) is 39.3. The van der Waals surface area contributed by atoms with Crippen molar-refractivity contribution in [3.8, 4) is 0 Å². The van der Waals surface area contributed by atoms with Crippen molar-refractivity contribution in [3.63, 3.8) is 0 Å². The van der Waals surface area contributed by atoms with Crippen molar-refractivity contribution in [2.75, 3.05) is 6.54 Å². The van der Waals surface area contributed by atoms with Crippen LogP contribution in [-0.2, 0) is 14.3 Å². The van der Waals surface area contributed by atoms with Crippen molar-refractivity contribution >= 4 is 11.9 Å². The third-order valence-corrected chi connectivity index (χ3v) is 4.45. The quantitative estimate of drug-likeness (QED) is 0.825. The van der Waals surface area contributed by atoms with Crippen LogP contribution in [-0.4, -0.2) is 46.7 Å². The number of ether oxygens (including phenoxy) is 1. The Bertz CT molecular complexity index is 370. The first-order valence-corrected chi connectivity index (χ1v) is 7.09. The zero-order valence-electron chi connectivity index (χ0n) is 11.8. The molecule has 0 bridgehead atoms. The van der Waals surface area contributed by atoms with Gasteiger partial charge in [-0.1, -0.05) is 13.8 Å². The Kier molecular flexibility index (Phi) is 4.13. The number of hydrogen-bond donors (Lipinski definition) is 1. The molecule has 0 aromatic heterocycles. The smallest absolute Gasteiger partial charge is 0.332 e. The molecular formula is C14H23NO4. The van der Waals surface area contributed by atoms with Gasteiger partial charge in [0.2, 0.25) is 0 Å². The Balaban J connectivity index is 2.01. The summed E-state index contributed by atoms with van der Waals surface area (Å²) in [5.41, 5.74) is 0. The summed E-state index contributed by atoms with van der Waals surface area (Å²) in [6, 6.07) is 0.205. The molecule has 2 heterocycles. The molecule has 0 aromatic carbocycles. The standard InChI is InChI=1S/C14H23NO4/c1-8-6-9(2)10(3)15(7-8)13(16)11-4-5-12(19-11)14(17)18/h8-12H,4-7H2,1-3H3,(H,17,18). The fourth-order valence-corrected chi connectivity index (χ4v) is 3.19. The summed E-state index contributed by atoms with van der Waals surface area (Å²) in [6.45, 7) is 7.13. The second kappa shape index (κ2) is 5.49. The molecule has 1 N–H and O–H groups in total. The topological polar surface area (TPSA) is 66.8 Å². The lowest BCUT2D eigenvalue weighted by Gasteiger charge is -2.42. The fraction of sp³-hybridized carbons (Fsp3) is 0.857. The van der Waals surface area contributed by atoms with Gasteiger partial charge in [-0.3, -0.25) is 4.79 Å². The van der Waals surface area contributed by atoms with E-state index in [1.807, 2.05) is 4.90 Å². The summed E-state index contributed by atoms with van der Waals surface area (Å²) >= 11 is 0. The monoisotopic (exact) mass is 269 g/mol. The number of aliphatic carboxylic acids is 1. The minimum Gasteiger partial charge on any atom is -0.479 e. The molecular weight excluding hydrogens is 246 g/mol. The number of rotatable bonds is 2. The van der Waals surface area contributed by atoms with E-state index in [4.69, 9.17) is 9.84 Å². The van der Waals surface area contributed by atoms with E-state index in [1.54, 1.807) is 0 Å². The number of carboxylic acid groups (broad SMARTS) is 1. The van der Waals surface area contributed by atoms with E-state index in [-0.39, 0.29) is 11.9 Å². The van der Waals surface area contributed by atoms with Crippen LogP contribution in [0.1, 0.15) is 40.0 Å². The number of likely N-dealkylation sites (tertiary alicyclic amines) is 1. The molecule has 2 rings (SSSR count). The fourth-order valence-electron chi connectivity index (χ4n) is 3.19. The third-order valence-electron chi connectivity index (χ3n) is 4.45. The molecule has 1 amide bonds. The highest BCUT2D eigenvalue weighted by atomic mass is 16.5. The first-order valence-electron chi connectivity index (χ1n) is 7.09. The van der Waals surface area contributed by atoms with Crippen LogP contribution in [0.15, 0.2) is 0 Å². The lowest BCUT2D eigenvalue weighted by atomic mass is 9.85. The van der Waals surface area contributed by atoms with Crippen LogP contribution >= 0.6 is 0 Å². The van der Waals surface area contributed by atoms with Crippen molar-refractivity contribution in [3.05, 3.63) is 0 Å². The Labute approximate surface area is 113 Å². The molecule has 0 spiro atoms. The van der Waals surface area contributed by atoms with Gasteiger partial charge in [0, 0.05) is 12.6 Å². The van der Waals surface area contributed by atoms with Crippen molar-refractivity contribution in [2.24, 2.45) is 11.8 Å². The lowest BCUT2D eigenvalue weighted by molar-refractivity contribution is -0.157. The summed E-state index contributed by atoms with van der Waals surface area (Å²) in [5, 5.41) is 8.91. The molecule has 0 aliphatic carbocycles. The second-order valence-electron chi connectivity index (χ2n) is 6.08. The maximum atomic E-state index is 12.5. The van der Waals surface area contributed by atoms with Crippen LogP contribution in [0.2, 0.25) is 0 Å². The van der Waals surface area contributed by atoms with Gasteiger partial charge in [-0.2, -0.15) is 0 Å². The molecule has 0 radical (unpaired) electrons. The predicted octanol–water partition coefficient (Wildman–Crippen LogP) is 1.51. The molecule has 2 fully saturated rings. The van der Waals surface area contributed by atoms with Gasteiger partial charge in [-0.25, -0.2) is 4.79 Å².